The molecule has 0 radical (unpaired) electrons. The van der Waals surface area contributed by atoms with Gasteiger partial charge in [0, 0.05) is 8.07 Å². The molecule has 16 heavy (non-hydrogen) atoms. The molecule has 0 N–H and O–H groups in total. The lowest BCUT2D eigenvalue weighted by molar-refractivity contribution is 0.414. The Morgan fingerprint density at radius 3 is 2.31 bits per heavy atom. The normalized spacial score (nSPS) is 24.2. The zero-order chi connectivity index (χ0) is 11.8. The molecule has 1 aromatic carbocycles. The first-order valence-corrected chi connectivity index (χ1v) is 9.84. The summed E-state index contributed by atoms with van der Waals surface area (Å²) in [6, 6.07) is 10.1. The maximum absolute atomic E-state index is 5.18. The lowest BCUT2D eigenvalue weighted by atomic mass is 10.1. The van der Waals surface area contributed by atoms with Gasteiger partial charge in [-0.15, -0.1) is 0 Å². The van der Waals surface area contributed by atoms with E-state index in [0.717, 1.165) is 17.6 Å². The van der Waals surface area contributed by atoms with E-state index >= 15 is 0 Å². The van der Waals surface area contributed by atoms with Gasteiger partial charge < -0.3 is 4.74 Å². The second kappa shape index (κ2) is 4.25. The highest BCUT2D eigenvalue weighted by Gasteiger charge is 2.40. The second-order valence-corrected chi connectivity index (χ2v) is 11.7. The highest BCUT2D eigenvalue weighted by atomic mass is 28.3. The molecule has 2 rings (SSSR count). The van der Waals surface area contributed by atoms with Crippen LogP contribution in [0, 0.1) is 5.92 Å². The lowest BCUT2D eigenvalue weighted by Crippen LogP contribution is -2.20. The van der Waals surface area contributed by atoms with Crippen LogP contribution in [-0.4, -0.2) is 15.2 Å². The Morgan fingerprint density at radius 1 is 1.19 bits per heavy atom. The summed E-state index contributed by atoms with van der Waals surface area (Å²) in [5.74, 6) is 2.75. The van der Waals surface area contributed by atoms with Gasteiger partial charge in [0.2, 0.25) is 0 Å². The van der Waals surface area contributed by atoms with Crippen LogP contribution in [-0.2, 0) is 0 Å². The van der Waals surface area contributed by atoms with Crippen LogP contribution in [0.15, 0.2) is 24.3 Å². The number of hydrogen-bond acceptors (Lipinski definition) is 1. The van der Waals surface area contributed by atoms with Crippen molar-refractivity contribution in [3.05, 3.63) is 29.8 Å². The van der Waals surface area contributed by atoms with E-state index in [0.29, 0.717) is 0 Å². The molecular formula is C14H22OSi. The molecule has 1 aliphatic carbocycles. The number of ether oxygens (including phenoxy) is 1. The Balaban J connectivity index is 1.95. The highest BCUT2D eigenvalue weighted by Crippen LogP contribution is 2.51. The molecule has 0 aliphatic heterocycles. The van der Waals surface area contributed by atoms with Crippen LogP contribution in [0.3, 0.4) is 0 Å². The van der Waals surface area contributed by atoms with E-state index in [9.17, 15) is 0 Å². The molecule has 1 aliphatic rings. The standard InChI is InChI=1S/C14H22OSi/c1-15-13-7-5-11(6-8-13)14-9-12(14)10-16(2,3)4/h5-8,12,14H,9-10H2,1-4H3/t12-,14-/m0/s1. The molecular weight excluding hydrogens is 212 g/mol. The minimum Gasteiger partial charge on any atom is -0.497 e. The van der Waals surface area contributed by atoms with Gasteiger partial charge in [-0.1, -0.05) is 37.8 Å². The molecule has 1 aromatic rings. The van der Waals surface area contributed by atoms with Crippen molar-refractivity contribution in [2.45, 2.75) is 38.0 Å². The summed E-state index contributed by atoms with van der Waals surface area (Å²) in [6.07, 6.45) is 1.40. The van der Waals surface area contributed by atoms with Crippen molar-refractivity contribution < 1.29 is 4.74 Å². The van der Waals surface area contributed by atoms with Crippen LogP contribution in [0.25, 0.3) is 0 Å². The van der Waals surface area contributed by atoms with Crippen molar-refractivity contribution >= 4 is 8.07 Å². The summed E-state index contributed by atoms with van der Waals surface area (Å²) in [5.41, 5.74) is 1.50. The van der Waals surface area contributed by atoms with E-state index < -0.39 is 8.07 Å². The maximum Gasteiger partial charge on any atom is 0.118 e. The maximum atomic E-state index is 5.18. The second-order valence-electron chi connectivity index (χ2n) is 6.14. The number of hydrogen-bond donors (Lipinski definition) is 0. The molecule has 0 aromatic heterocycles. The topological polar surface area (TPSA) is 9.23 Å². The van der Waals surface area contributed by atoms with Gasteiger partial charge in [-0.05, 0) is 36.0 Å². The summed E-state index contributed by atoms with van der Waals surface area (Å²) in [7, 11) is 0.847. The van der Waals surface area contributed by atoms with Crippen molar-refractivity contribution in [3.8, 4) is 5.75 Å². The van der Waals surface area contributed by atoms with E-state index in [-0.39, 0.29) is 0 Å². The molecule has 0 bridgehead atoms. The first kappa shape index (κ1) is 11.7. The van der Waals surface area contributed by atoms with Gasteiger partial charge in [-0.25, -0.2) is 0 Å². The third kappa shape index (κ3) is 2.88. The van der Waals surface area contributed by atoms with Crippen molar-refractivity contribution in [2.24, 2.45) is 5.92 Å². The average Bonchev–Trinajstić information content (AvgIpc) is 2.95. The Morgan fingerprint density at radius 2 is 1.81 bits per heavy atom. The smallest absolute Gasteiger partial charge is 0.118 e. The van der Waals surface area contributed by atoms with Crippen molar-refractivity contribution in [1.29, 1.82) is 0 Å². The molecule has 1 nitrogen and oxygen atoms in total. The van der Waals surface area contributed by atoms with Crippen LogP contribution in [0.1, 0.15) is 17.9 Å². The molecule has 0 saturated heterocycles. The first-order valence-electron chi connectivity index (χ1n) is 6.13. The Kier molecular flexibility index (Phi) is 3.11. The quantitative estimate of drug-likeness (QED) is 0.712. The van der Waals surface area contributed by atoms with Gasteiger partial charge in [0.1, 0.15) is 5.75 Å². The zero-order valence-electron chi connectivity index (χ0n) is 10.8. The van der Waals surface area contributed by atoms with Crippen molar-refractivity contribution in [2.75, 3.05) is 7.11 Å². The molecule has 0 amide bonds. The molecule has 1 fully saturated rings. The fourth-order valence-corrected chi connectivity index (χ4v) is 4.54. The molecule has 2 atom stereocenters. The summed E-state index contributed by atoms with van der Waals surface area (Å²) in [4.78, 5) is 0. The fraction of sp³-hybridized carbons (Fsp3) is 0.571. The Bertz CT molecular complexity index is 350. The van der Waals surface area contributed by atoms with Gasteiger partial charge in [-0.3, -0.25) is 0 Å². The van der Waals surface area contributed by atoms with Gasteiger partial charge in [0.05, 0.1) is 7.11 Å². The largest absolute Gasteiger partial charge is 0.497 e. The van der Waals surface area contributed by atoms with Crippen LogP contribution in [0.2, 0.25) is 25.7 Å². The monoisotopic (exact) mass is 234 g/mol. The number of benzene rings is 1. The average molecular weight is 234 g/mol. The van der Waals surface area contributed by atoms with Crippen LogP contribution in [0.5, 0.6) is 5.75 Å². The van der Waals surface area contributed by atoms with Crippen molar-refractivity contribution in [3.63, 3.8) is 0 Å². The van der Waals surface area contributed by atoms with E-state index in [1.807, 2.05) is 0 Å². The fourth-order valence-electron chi connectivity index (χ4n) is 2.52. The predicted molar refractivity (Wildman–Crippen MR) is 72.0 cm³/mol. The van der Waals surface area contributed by atoms with E-state index in [1.165, 1.54) is 18.0 Å². The number of rotatable bonds is 4. The van der Waals surface area contributed by atoms with E-state index in [1.54, 1.807) is 7.11 Å². The predicted octanol–water partition coefficient (Wildman–Crippen LogP) is 4.14. The zero-order valence-corrected chi connectivity index (χ0v) is 11.8. The van der Waals surface area contributed by atoms with Crippen LogP contribution < -0.4 is 4.74 Å². The molecule has 0 spiro atoms. The summed E-state index contributed by atoms with van der Waals surface area (Å²) in [5, 5.41) is 0. The molecule has 1 saturated carbocycles. The third-order valence-corrected chi connectivity index (χ3v) is 5.09. The van der Waals surface area contributed by atoms with Gasteiger partial charge >= 0.3 is 0 Å². The van der Waals surface area contributed by atoms with Crippen LogP contribution >= 0.6 is 0 Å². The van der Waals surface area contributed by atoms with Gasteiger partial charge in [0.15, 0.2) is 0 Å². The number of methoxy groups -OCH3 is 1. The lowest BCUT2D eigenvalue weighted by Gasteiger charge is -2.15. The molecule has 88 valence electrons. The molecule has 2 heteroatoms. The van der Waals surface area contributed by atoms with E-state index in [2.05, 4.69) is 43.9 Å². The van der Waals surface area contributed by atoms with E-state index in [4.69, 9.17) is 4.74 Å². The van der Waals surface area contributed by atoms with Gasteiger partial charge in [-0.2, -0.15) is 0 Å². The summed E-state index contributed by atoms with van der Waals surface area (Å²) >= 11 is 0. The highest BCUT2D eigenvalue weighted by molar-refractivity contribution is 6.76. The Hall–Kier alpha value is -0.763. The summed E-state index contributed by atoms with van der Waals surface area (Å²) in [6.45, 7) is 7.41. The van der Waals surface area contributed by atoms with Crippen molar-refractivity contribution in [1.82, 2.24) is 0 Å². The minimum atomic E-state index is -0.875. The third-order valence-electron chi connectivity index (χ3n) is 3.34. The molecule has 0 unspecified atom stereocenters. The molecule has 0 heterocycles. The summed E-state index contributed by atoms with van der Waals surface area (Å²) < 4.78 is 5.18. The minimum absolute atomic E-state index is 0.831. The van der Waals surface area contributed by atoms with Gasteiger partial charge in [0.25, 0.3) is 0 Å². The van der Waals surface area contributed by atoms with Crippen LogP contribution in [0.4, 0.5) is 0 Å². The SMILES string of the molecule is COc1ccc([C@@H]2C[C@H]2C[Si](C)(C)C)cc1. The first-order chi connectivity index (χ1) is 7.49. The Labute approximate surface area is 99.8 Å².